The van der Waals surface area contributed by atoms with Crippen LogP contribution in [0, 0.1) is 0 Å². The van der Waals surface area contributed by atoms with Crippen molar-refractivity contribution in [1.82, 2.24) is 14.9 Å². The summed E-state index contributed by atoms with van der Waals surface area (Å²) in [6.45, 7) is 0.375. The summed E-state index contributed by atoms with van der Waals surface area (Å²) in [5.41, 5.74) is -1.65. The van der Waals surface area contributed by atoms with Gasteiger partial charge in [0, 0.05) is 24.2 Å². The van der Waals surface area contributed by atoms with Crippen LogP contribution >= 0.6 is 11.8 Å². The highest BCUT2D eigenvalue weighted by Crippen LogP contribution is 2.20. The van der Waals surface area contributed by atoms with Gasteiger partial charge in [-0.15, -0.1) is 0 Å². The van der Waals surface area contributed by atoms with Crippen LogP contribution in [-0.4, -0.2) is 55.9 Å². The van der Waals surface area contributed by atoms with Crippen molar-refractivity contribution < 1.29 is 14.7 Å². The average molecular weight is 299 g/mol. The number of rotatable bonds is 3. The minimum atomic E-state index is -0.995. The Bertz CT molecular complexity index is 637. The molecule has 0 radical (unpaired) electrons. The molecule has 1 saturated heterocycles. The van der Waals surface area contributed by atoms with E-state index in [0.717, 1.165) is 6.20 Å². The summed E-state index contributed by atoms with van der Waals surface area (Å²) in [7, 11) is 0. The fourth-order valence-electron chi connectivity index (χ4n) is 2.02. The van der Waals surface area contributed by atoms with Gasteiger partial charge in [-0.25, -0.2) is 4.79 Å². The Morgan fingerprint density at radius 1 is 1.45 bits per heavy atom. The molecule has 0 aliphatic carbocycles. The molecule has 2 heterocycles. The summed E-state index contributed by atoms with van der Waals surface area (Å²) in [4.78, 5) is 51.3. The largest absolute Gasteiger partial charge is 0.481 e. The quantitative estimate of drug-likeness (QED) is 0.664. The highest BCUT2D eigenvalue weighted by molar-refractivity contribution is 7.99. The highest BCUT2D eigenvalue weighted by atomic mass is 32.2. The van der Waals surface area contributed by atoms with Crippen LogP contribution in [0.4, 0.5) is 0 Å². The van der Waals surface area contributed by atoms with E-state index >= 15 is 0 Å². The number of carboxylic acids is 1. The van der Waals surface area contributed by atoms with Gasteiger partial charge in [0.25, 0.3) is 11.5 Å². The molecule has 9 heteroatoms. The summed E-state index contributed by atoms with van der Waals surface area (Å²) in [6, 6.07) is -0.454. The van der Waals surface area contributed by atoms with E-state index < -0.39 is 29.2 Å². The van der Waals surface area contributed by atoms with E-state index in [2.05, 4.69) is 4.98 Å². The van der Waals surface area contributed by atoms with Gasteiger partial charge in [-0.3, -0.25) is 19.4 Å². The maximum Gasteiger partial charge on any atom is 0.325 e. The van der Waals surface area contributed by atoms with Crippen molar-refractivity contribution in [3.05, 3.63) is 32.6 Å². The zero-order valence-corrected chi connectivity index (χ0v) is 11.2. The van der Waals surface area contributed by atoms with Crippen LogP contribution in [0.1, 0.15) is 16.8 Å². The topological polar surface area (TPSA) is 123 Å². The third-order valence-electron chi connectivity index (χ3n) is 2.95. The molecule has 0 spiro atoms. The van der Waals surface area contributed by atoms with Crippen molar-refractivity contribution in [3.8, 4) is 0 Å². The molecule has 1 aliphatic heterocycles. The van der Waals surface area contributed by atoms with E-state index in [1.54, 1.807) is 11.8 Å². The molecule has 108 valence electrons. The predicted molar refractivity (Wildman–Crippen MR) is 72.1 cm³/mol. The predicted octanol–water partition coefficient (Wildman–Crippen LogP) is -0.904. The van der Waals surface area contributed by atoms with Gasteiger partial charge in [0.1, 0.15) is 5.56 Å². The van der Waals surface area contributed by atoms with Gasteiger partial charge in [0.15, 0.2) is 0 Å². The van der Waals surface area contributed by atoms with E-state index in [9.17, 15) is 19.2 Å². The number of amides is 1. The molecule has 1 aromatic heterocycles. The molecule has 0 aromatic carbocycles. The SMILES string of the molecule is O=C(O)CC1CSCCN1C(=O)c1c[nH]c(=O)[nH]c1=O. The van der Waals surface area contributed by atoms with E-state index in [1.807, 2.05) is 4.98 Å². The van der Waals surface area contributed by atoms with Crippen molar-refractivity contribution in [2.24, 2.45) is 0 Å². The second-order valence-corrected chi connectivity index (χ2v) is 5.46. The number of carbonyl (C=O) groups is 2. The number of carboxylic acid groups (broad SMARTS) is 1. The first-order valence-corrected chi connectivity index (χ1v) is 7.07. The Morgan fingerprint density at radius 2 is 2.20 bits per heavy atom. The maximum atomic E-state index is 12.3. The van der Waals surface area contributed by atoms with Crippen molar-refractivity contribution in [3.63, 3.8) is 0 Å². The third-order valence-corrected chi connectivity index (χ3v) is 4.04. The van der Waals surface area contributed by atoms with Crippen LogP contribution in [0.2, 0.25) is 0 Å². The Morgan fingerprint density at radius 3 is 2.85 bits per heavy atom. The van der Waals surface area contributed by atoms with Crippen LogP contribution < -0.4 is 11.2 Å². The van der Waals surface area contributed by atoms with Gasteiger partial charge in [-0.05, 0) is 0 Å². The van der Waals surface area contributed by atoms with E-state index in [0.29, 0.717) is 18.1 Å². The van der Waals surface area contributed by atoms with Gasteiger partial charge in [-0.1, -0.05) is 0 Å². The standard InChI is InChI=1S/C11H13N3O5S/c15-8(16)3-6-5-20-2-1-14(6)10(18)7-4-12-11(19)13-9(7)17/h4,6H,1-3,5H2,(H,15,16)(H2,12,13,17,19). The molecule has 20 heavy (non-hydrogen) atoms. The summed E-state index contributed by atoms with van der Waals surface area (Å²) in [6.07, 6.45) is 0.892. The number of carbonyl (C=O) groups excluding carboxylic acids is 1. The lowest BCUT2D eigenvalue weighted by Crippen LogP contribution is -2.48. The van der Waals surface area contributed by atoms with Gasteiger partial charge < -0.3 is 15.0 Å². The van der Waals surface area contributed by atoms with Crippen LogP contribution in [0.3, 0.4) is 0 Å². The second-order valence-electron chi connectivity index (χ2n) is 4.31. The number of aromatic nitrogens is 2. The number of hydrogen-bond acceptors (Lipinski definition) is 5. The normalized spacial score (nSPS) is 18.8. The first-order chi connectivity index (χ1) is 9.49. The van der Waals surface area contributed by atoms with Crippen molar-refractivity contribution in [2.45, 2.75) is 12.5 Å². The van der Waals surface area contributed by atoms with Crippen molar-refractivity contribution in [2.75, 3.05) is 18.1 Å². The molecular weight excluding hydrogens is 286 g/mol. The smallest absolute Gasteiger partial charge is 0.325 e. The molecule has 2 rings (SSSR count). The Hall–Kier alpha value is -2.03. The third kappa shape index (κ3) is 3.10. The molecule has 3 N–H and O–H groups in total. The monoisotopic (exact) mass is 299 g/mol. The first kappa shape index (κ1) is 14.4. The van der Waals surface area contributed by atoms with Crippen LogP contribution in [0.15, 0.2) is 15.8 Å². The fourth-order valence-corrected chi connectivity index (χ4v) is 3.08. The van der Waals surface area contributed by atoms with Crippen molar-refractivity contribution >= 4 is 23.6 Å². The van der Waals surface area contributed by atoms with Gasteiger partial charge in [0.2, 0.25) is 0 Å². The van der Waals surface area contributed by atoms with Crippen LogP contribution in [0.25, 0.3) is 0 Å². The molecule has 1 aromatic rings. The lowest BCUT2D eigenvalue weighted by Gasteiger charge is -2.34. The van der Waals surface area contributed by atoms with E-state index in [4.69, 9.17) is 5.11 Å². The Labute approximate surface area is 117 Å². The van der Waals surface area contributed by atoms with Gasteiger partial charge in [0.05, 0.1) is 12.5 Å². The molecule has 1 fully saturated rings. The van der Waals surface area contributed by atoms with Gasteiger partial charge in [-0.2, -0.15) is 11.8 Å². The number of aromatic amines is 2. The Balaban J connectivity index is 2.27. The maximum absolute atomic E-state index is 12.3. The minimum absolute atomic E-state index is 0.167. The van der Waals surface area contributed by atoms with E-state index in [-0.39, 0.29) is 12.0 Å². The summed E-state index contributed by atoms with van der Waals surface area (Å²) >= 11 is 1.57. The minimum Gasteiger partial charge on any atom is -0.481 e. The fraction of sp³-hybridized carbons (Fsp3) is 0.455. The molecule has 1 amide bonds. The molecule has 1 atom stereocenters. The molecule has 1 unspecified atom stereocenters. The zero-order valence-electron chi connectivity index (χ0n) is 10.4. The molecule has 8 nitrogen and oxygen atoms in total. The molecular formula is C11H13N3O5S. The molecule has 0 saturated carbocycles. The highest BCUT2D eigenvalue weighted by Gasteiger charge is 2.30. The number of nitrogens with one attached hydrogen (secondary N) is 2. The molecule has 0 bridgehead atoms. The van der Waals surface area contributed by atoms with Crippen molar-refractivity contribution in [1.29, 1.82) is 0 Å². The summed E-state index contributed by atoms with van der Waals surface area (Å²) in [5, 5.41) is 8.86. The number of thioether (sulfide) groups is 1. The number of nitrogens with zero attached hydrogens (tertiary/aromatic N) is 1. The van der Waals surface area contributed by atoms with Crippen LogP contribution in [-0.2, 0) is 4.79 Å². The second kappa shape index (κ2) is 5.95. The summed E-state index contributed by atoms with van der Waals surface area (Å²) < 4.78 is 0. The first-order valence-electron chi connectivity index (χ1n) is 5.91. The number of hydrogen-bond donors (Lipinski definition) is 3. The average Bonchev–Trinajstić information content (AvgIpc) is 2.38. The summed E-state index contributed by atoms with van der Waals surface area (Å²) in [5.74, 6) is -0.359. The number of aliphatic carboxylic acids is 1. The van der Waals surface area contributed by atoms with E-state index in [1.165, 1.54) is 4.90 Å². The lowest BCUT2D eigenvalue weighted by atomic mass is 10.1. The van der Waals surface area contributed by atoms with Crippen LogP contribution in [0.5, 0.6) is 0 Å². The van der Waals surface area contributed by atoms with Gasteiger partial charge >= 0.3 is 11.7 Å². The Kier molecular flexibility index (Phi) is 4.28. The molecule has 1 aliphatic rings. The zero-order chi connectivity index (χ0) is 14.7. The number of H-pyrrole nitrogens is 2. The lowest BCUT2D eigenvalue weighted by molar-refractivity contribution is -0.138.